The zero-order valence-corrected chi connectivity index (χ0v) is 17.9. The van der Waals surface area contributed by atoms with E-state index in [-0.39, 0.29) is 17.0 Å². The van der Waals surface area contributed by atoms with Gasteiger partial charge in [0.2, 0.25) is 0 Å². The monoisotopic (exact) mass is 417 g/mol. The number of rotatable bonds is 9. The molecule has 0 saturated heterocycles. The quantitative estimate of drug-likeness (QED) is 0.381. The zero-order chi connectivity index (χ0) is 21.4. The summed E-state index contributed by atoms with van der Waals surface area (Å²) in [6.07, 6.45) is 2.95. The Hall–Kier alpha value is -2.48. The van der Waals surface area contributed by atoms with E-state index in [2.05, 4.69) is 9.64 Å². The molecule has 0 radical (unpaired) electrons. The zero-order valence-electron chi connectivity index (χ0n) is 17.1. The van der Waals surface area contributed by atoms with Crippen LogP contribution < -0.4 is 4.74 Å². The Bertz CT molecular complexity index is 897. The Balaban J connectivity index is 2.01. The number of carbonyl (C=O) groups is 1. The van der Waals surface area contributed by atoms with Crippen LogP contribution in [0.4, 0.5) is 0 Å². The number of likely N-dealkylation sites (N-methyl/N-ethyl adjacent to an activating group) is 1. The molecule has 0 aliphatic rings. The Morgan fingerprint density at radius 3 is 2.69 bits per heavy atom. The molecule has 0 aromatic heterocycles. The molecule has 0 spiro atoms. The predicted octanol–water partition coefficient (Wildman–Crippen LogP) is 3.66. The Kier molecular flexibility index (Phi) is 8.57. The standard InChI is InChI=1S/C22H27NO5S/c1-16-9-10-18(11-12-22(24)27-4)13-19(16)15-23(3)14-17(2)28-20-7-5-6-8-21(20)29(25)26/h5-13,17H,14-15H2,1-4H3,(H,25,26). The smallest absolute Gasteiger partial charge is 0.330 e. The van der Waals surface area contributed by atoms with Crippen LogP contribution in [0.3, 0.4) is 0 Å². The van der Waals surface area contributed by atoms with E-state index >= 15 is 0 Å². The topological polar surface area (TPSA) is 76.1 Å². The molecule has 2 atom stereocenters. The van der Waals surface area contributed by atoms with Crippen molar-refractivity contribution in [2.75, 3.05) is 20.7 Å². The molecule has 29 heavy (non-hydrogen) atoms. The van der Waals surface area contributed by atoms with E-state index < -0.39 is 11.1 Å². The van der Waals surface area contributed by atoms with Crippen molar-refractivity contribution in [2.45, 2.75) is 31.4 Å². The first kappa shape index (κ1) is 22.8. The summed E-state index contributed by atoms with van der Waals surface area (Å²) in [5.74, 6) is 0.0275. The maximum atomic E-state index is 11.4. The van der Waals surface area contributed by atoms with Crippen molar-refractivity contribution in [1.29, 1.82) is 0 Å². The van der Waals surface area contributed by atoms with E-state index in [1.165, 1.54) is 13.2 Å². The van der Waals surface area contributed by atoms with Gasteiger partial charge in [0.05, 0.1) is 7.11 Å². The van der Waals surface area contributed by atoms with Crippen molar-refractivity contribution < 1.29 is 23.0 Å². The molecule has 2 aromatic carbocycles. The molecule has 0 saturated carbocycles. The number of hydrogen-bond donors (Lipinski definition) is 1. The molecule has 2 rings (SSSR count). The van der Waals surface area contributed by atoms with Crippen molar-refractivity contribution in [3.8, 4) is 5.75 Å². The number of aryl methyl sites for hydroxylation is 1. The van der Waals surface area contributed by atoms with Crippen molar-refractivity contribution >= 4 is 23.1 Å². The normalized spacial score (nSPS) is 13.4. The lowest BCUT2D eigenvalue weighted by Crippen LogP contribution is -2.31. The lowest BCUT2D eigenvalue weighted by atomic mass is 10.0. The SMILES string of the molecule is COC(=O)C=Cc1ccc(C)c(CN(C)CC(C)Oc2ccccc2S(=O)O)c1. The summed E-state index contributed by atoms with van der Waals surface area (Å²) in [6, 6.07) is 12.8. The second-order valence-electron chi connectivity index (χ2n) is 6.86. The molecule has 0 bridgehead atoms. The molecular weight excluding hydrogens is 390 g/mol. The minimum atomic E-state index is -2.09. The molecule has 0 amide bonds. The highest BCUT2D eigenvalue weighted by Crippen LogP contribution is 2.22. The average Bonchev–Trinajstić information content (AvgIpc) is 2.68. The summed E-state index contributed by atoms with van der Waals surface area (Å²) in [5, 5.41) is 0. The number of nitrogens with zero attached hydrogens (tertiary/aromatic N) is 1. The molecule has 6 nitrogen and oxygen atoms in total. The number of ether oxygens (including phenoxy) is 2. The van der Waals surface area contributed by atoms with E-state index in [9.17, 15) is 13.6 Å². The van der Waals surface area contributed by atoms with Crippen molar-refractivity contribution in [3.05, 3.63) is 65.2 Å². The second-order valence-corrected chi connectivity index (χ2v) is 7.80. The first-order chi connectivity index (χ1) is 13.8. The fourth-order valence-electron chi connectivity index (χ4n) is 2.94. The van der Waals surface area contributed by atoms with Gasteiger partial charge in [-0.25, -0.2) is 9.00 Å². The highest BCUT2D eigenvalue weighted by molar-refractivity contribution is 7.79. The molecule has 0 fully saturated rings. The lowest BCUT2D eigenvalue weighted by Gasteiger charge is -2.23. The molecule has 0 aliphatic heterocycles. The van der Waals surface area contributed by atoms with Gasteiger partial charge in [0.1, 0.15) is 16.7 Å². The van der Waals surface area contributed by atoms with E-state index in [1.54, 1.807) is 30.3 Å². The number of methoxy groups -OCH3 is 1. The van der Waals surface area contributed by atoms with Gasteiger partial charge in [-0.1, -0.05) is 30.3 Å². The van der Waals surface area contributed by atoms with Gasteiger partial charge in [-0.05, 0) is 55.8 Å². The van der Waals surface area contributed by atoms with E-state index in [0.717, 1.165) is 16.7 Å². The maximum Gasteiger partial charge on any atom is 0.330 e. The third kappa shape index (κ3) is 7.12. The van der Waals surface area contributed by atoms with Crippen LogP contribution >= 0.6 is 0 Å². The number of carbonyl (C=O) groups excluding carboxylic acids is 1. The van der Waals surface area contributed by atoms with Crippen molar-refractivity contribution in [1.82, 2.24) is 4.90 Å². The second kappa shape index (κ2) is 10.9. The van der Waals surface area contributed by atoms with Crippen LogP contribution in [-0.2, 0) is 27.2 Å². The van der Waals surface area contributed by atoms with Crippen molar-refractivity contribution in [3.63, 3.8) is 0 Å². The van der Waals surface area contributed by atoms with Crippen LogP contribution in [0.5, 0.6) is 5.75 Å². The largest absolute Gasteiger partial charge is 0.488 e. The Morgan fingerprint density at radius 1 is 1.28 bits per heavy atom. The molecule has 0 aliphatic carbocycles. The maximum absolute atomic E-state index is 11.4. The van der Waals surface area contributed by atoms with Crippen molar-refractivity contribution in [2.24, 2.45) is 0 Å². The number of para-hydroxylation sites is 1. The summed E-state index contributed by atoms with van der Waals surface area (Å²) in [4.78, 5) is 13.7. The van der Waals surface area contributed by atoms with Gasteiger partial charge in [0.15, 0.2) is 11.1 Å². The van der Waals surface area contributed by atoms with Gasteiger partial charge in [-0.15, -0.1) is 0 Å². The van der Waals surface area contributed by atoms with E-state index in [1.807, 2.05) is 39.1 Å². The summed E-state index contributed by atoms with van der Waals surface area (Å²) in [7, 11) is 3.34. The molecule has 7 heteroatoms. The van der Waals surface area contributed by atoms with Crippen LogP contribution in [0, 0.1) is 6.92 Å². The molecular formula is C22H27NO5S. The third-order valence-corrected chi connectivity index (χ3v) is 5.07. The van der Waals surface area contributed by atoms with Crippen LogP contribution in [0.15, 0.2) is 53.4 Å². The molecule has 156 valence electrons. The highest BCUT2D eigenvalue weighted by atomic mass is 32.2. The van der Waals surface area contributed by atoms with Gasteiger partial charge in [0, 0.05) is 19.2 Å². The van der Waals surface area contributed by atoms with Gasteiger partial charge in [-0.3, -0.25) is 4.90 Å². The van der Waals surface area contributed by atoms with Gasteiger partial charge >= 0.3 is 5.97 Å². The van der Waals surface area contributed by atoms with Gasteiger partial charge in [0.25, 0.3) is 0 Å². The van der Waals surface area contributed by atoms with Gasteiger partial charge in [-0.2, -0.15) is 0 Å². The van der Waals surface area contributed by atoms with Crippen LogP contribution in [0.25, 0.3) is 6.08 Å². The summed E-state index contributed by atoms with van der Waals surface area (Å²) >= 11 is -2.09. The molecule has 1 N–H and O–H groups in total. The summed E-state index contributed by atoms with van der Waals surface area (Å²) in [5.41, 5.74) is 3.22. The lowest BCUT2D eigenvalue weighted by molar-refractivity contribution is -0.134. The number of benzene rings is 2. The highest BCUT2D eigenvalue weighted by Gasteiger charge is 2.14. The Labute approximate surface area is 174 Å². The predicted molar refractivity (Wildman–Crippen MR) is 114 cm³/mol. The first-order valence-electron chi connectivity index (χ1n) is 9.20. The van der Waals surface area contributed by atoms with Gasteiger partial charge < -0.3 is 14.0 Å². The fourth-order valence-corrected chi connectivity index (χ4v) is 3.42. The minimum absolute atomic E-state index is 0.174. The van der Waals surface area contributed by atoms with Crippen LogP contribution in [-0.4, -0.2) is 46.4 Å². The van der Waals surface area contributed by atoms with E-state index in [0.29, 0.717) is 18.8 Å². The average molecular weight is 418 g/mol. The van der Waals surface area contributed by atoms with Crippen LogP contribution in [0.1, 0.15) is 23.6 Å². The first-order valence-corrected chi connectivity index (χ1v) is 10.3. The molecule has 2 unspecified atom stereocenters. The number of hydrogen-bond acceptors (Lipinski definition) is 5. The summed E-state index contributed by atoms with van der Waals surface area (Å²) < 4.78 is 31.3. The summed E-state index contributed by atoms with van der Waals surface area (Å²) in [6.45, 7) is 5.31. The molecule has 2 aromatic rings. The number of esters is 1. The van der Waals surface area contributed by atoms with E-state index in [4.69, 9.17) is 4.74 Å². The van der Waals surface area contributed by atoms with Crippen LogP contribution in [0.2, 0.25) is 0 Å². The fraction of sp³-hybridized carbons (Fsp3) is 0.318. The Morgan fingerprint density at radius 2 is 2.00 bits per heavy atom. The third-order valence-electron chi connectivity index (χ3n) is 4.36. The minimum Gasteiger partial charge on any atom is -0.488 e. The molecule has 0 heterocycles.